The zero-order chi connectivity index (χ0) is 40.3. The van der Waals surface area contributed by atoms with E-state index >= 15 is 0 Å². The first-order chi connectivity index (χ1) is 25.2. The van der Waals surface area contributed by atoms with E-state index in [-0.39, 0.29) is 46.7 Å². The van der Waals surface area contributed by atoms with Crippen LogP contribution in [0.4, 0.5) is 0 Å². The fraction of sp³-hybridized carbons (Fsp3) is 0.689. The molecule has 1 aliphatic rings. The maximum Gasteiger partial charge on any atom is 0.192 e. The Hall–Kier alpha value is -1.06. The zero-order valence-corrected chi connectivity index (χ0v) is 40.5. The van der Waals surface area contributed by atoms with Crippen LogP contribution in [0.15, 0.2) is 64.3 Å². The standard InChI is InChI=1S/C45H75IO6Si2/c1-33(30-46)20-24-39-28-41(51-43(50-39)37-18-16-15-17-19-37)29-40(52-54(13,14)45(7,8)9)25-21-34(2)42(35(3)31-49-53(11,12)44(4,5)6)48-32-36-22-26-38(47-10)27-23-36/h15-19,22-23,26-27,30,34-35,39-43H,20-21,24-25,28-29,31-32H2,1-14H3/b33-30+/t34-,35-,39+,40+,41+,42+,43+/m1/s1. The lowest BCUT2D eigenvalue weighted by molar-refractivity contribution is -0.252. The van der Waals surface area contributed by atoms with Gasteiger partial charge in [-0.3, -0.25) is 0 Å². The molecule has 3 rings (SSSR count). The molecular formula is C45H75IO6Si2. The maximum atomic E-state index is 7.30. The molecule has 1 fully saturated rings. The van der Waals surface area contributed by atoms with Crippen LogP contribution in [0.5, 0.6) is 5.75 Å². The second kappa shape index (κ2) is 21.1. The monoisotopic (exact) mass is 894 g/mol. The second-order valence-corrected chi connectivity index (χ2v) is 29.1. The minimum absolute atomic E-state index is 0.0331. The average Bonchev–Trinajstić information content (AvgIpc) is 3.11. The number of ether oxygens (including phenoxy) is 4. The molecular weight excluding hydrogens is 820 g/mol. The summed E-state index contributed by atoms with van der Waals surface area (Å²) in [5.41, 5.74) is 3.61. The van der Waals surface area contributed by atoms with E-state index in [1.165, 1.54) is 5.57 Å². The molecule has 0 aromatic heterocycles. The molecule has 9 heteroatoms. The quantitative estimate of drug-likeness (QED) is 0.0975. The summed E-state index contributed by atoms with van der Waals surface area (Å²) in [5.74, 6) is 1.39. The van der Waals surface area contributed by atoms with Crippen molar-refractivity contribution in [3.63, 3.8) is 0 Å². The van der Waals surface area contributed by atoms with Crippen molar-refractivity contribution in [1.29, 1.82) is 0 Å². The molecule has 0 N–H and O–H groups in total. The zero-order valence-electron chi connectivity index (χ0n) is 36.3. The minimum Gasteiger partial charge on any atom is -0.497 e. The topological polar surface area (TPSA) is 55.4 Å². The maximum absolute atomic E-state index is 7.30. The van der Waals surface area contributed by atoms with Crippen LogP contribution < -0.4 is 4.74 Å². The summed E-state index contributed by atoms with van der Waals surface area (Å²) in [6.45, 7) is 31.5. The van der Waals surface area contributed by atoms with Gasteiger partial charge in [0.05, 0.1) is 32.0 Å². The summed E-state index contributed by atoms with van der Waals surface area (Å²) >= 11 is 2.34. The fourth-order valence-electron chi connectivity index (χ4n) is 6.51. The van der Waals surface area contributed by atoms with Crippen molar-refractivity contribution >= 4 is 39.2 Å². The van der Waals surface area contributed by atoms with Gasteiger partial charge in [-0.25, -0.2) is 0 Å². The molecule has 7 atom stereocenters. The molecule has 1 heterocycles. The molecule has 0 saturated carbocycles. The summed E-state index contributed by atoms with van der Waals surface area (Å²) < 4.78 is 42.0. The Morgan fingerprint density at radius 3 is 2.04 bits per heavy atom. The number of allylic oxidation sites excluding steroid dienone is 1. The predicted octanol–water partition coefficient (Wildman–Crippen LogP) is 13.4. The normalized spacial score (nSPS) is 21.4. The predicted molar refractivity (Wildman–Crippen MR) is 240 cm³/mol. The van der Waals surface area contributed by atoms with Gasteiger partial charge >= 0.3 is 0 Å². The first kappa shape index (κ1) is 47.3. The molecule has 0 aliphatic carbocycles. The Labute approximate surface area is 346 Å². The first-order valence-corrected chi connectivity index (χ1v) is 27.4. The van der Waals surface area contributed by atoms with E-state index in [2.05, 4.69) is 158 Å². The van der Waals surface area contributed by atoms with Crippen molar-refractivity contribution in [2.45, 2.75) is 174 Å². The van der Waals surface area contributed by atoms with Gasteiger partial charge in [-0.15, -0.1) is 0 Å². The highest BCUT2D eigenvalue weighted by atomic mass is 127. The van der Waals surface area contributed by atoms with Crippen LogP contribution in [0.1, 0.15) is 118 Å². The Balaban J connectivity index is 1.84. The molecule has 0 radical (unpaired) electrons. The molecule has 0 spiro atoms. The van der Waals surface area contributed by atoms with Gasteiger partial charge in [0.2, 0.25) is 0 Å². The van der Waals surface area contributed by atoms with Crippen LogP contribution >= 0.6 is 22.6 Å². The van der Waals surface area contributed by atoms with Gasteiger partial charge in [-0.2, -0.15) is 0 Å². The highest BCUT2D eigenvalue weighted by molar-refractivity contribution is 14.1. The van der Waals surface area contributed by atoms with Gasteiger partial charge < -0.3 is 27.8 Å². The molecule has 6 nitrogen and oxygen atoms in total. The summed E-state index contributed by atoms with van der Waals surface area (Å²) in [4.78, 5) is 0. The van der Waals surface area contributed by atoms with Gasteiger partial charge in [0, 0.05) is 30.6 Å². The van der Waals surface area contributed by atoms with Crippen molar-refractivity contribution in [3.05, 3.63) is 75.4 Å². The smallest absolute Gasteiger partial charge is 0.192 e. The van der Waals surface area contributed by atoms with E-state index < -0.39 is 16.6 Å². The van der Waals surface area contributed by atoms with Crippen molar-refractivity contribution < 1.29 is 27.8 Å². The second-order valence-electron chi connectivity index (χ2n) is 19.0. The van der Waals surface area contributed by atoms with Crippen molar-refractivity contribution in [2.75, 3.05) is 13.7 Å². The molecule has 1 aliphatic heterocycles. The molecule has 0 amide bonds. The number of rotatable bonds is 20. The molecule has 0 bridgehead atoms. The Morgan fingerprint density at radius 1 is 0.852 bits per heavy atom. The van der Waals surface area contributed by atoms with Gasteiger partial charge in [-0.1, -0.05) is 126 Å². The molecule has 1 saturated heterocycles. The van der Waals surface area contributed by atoms with Crippen LogP contribution in [-0.2, 0) is 29.7 Å². The Kier molecular flexibility index (Phi) is 18.5. The molecule has 2 aromatic rings. The van der Waals surface area contributed by atoms with Crippen LogP contribution in [0.3, 0.4) is 0 Å². The Morgan fingerprint density at radius 2 is 1.46 bits per heavy atom. The van der Waals surface area contributed by atoms with E-state index in [0.29, 0.717) is 19.1 Å². The molecule has 54 heavy (non-hydrogen) atoms. The molecule has 306 valence electrons. The lowest BCUT2D eigenvalue weighted by atomic mass is 9.88. The van der Waals surface area contributed by atoms with Gasteiger partial charge in [-0.05, 0) is 103 Å². The number of halogens is 1. The minimum atomic E-state index is -2.08. The van der Waals surface area contributed by atoms with Crippen LogP contribution in [0.2, 0.25) is 36.3 Å². The fourth-order valence-corrected chi connectivity index (χ4v) is 9.34. The highest BCUT2D eigenvalue weighted by Gasteiger charge is 2.42. The molecule has 0 unspecified atom stereocenters. The third-order valence-electron chi connectivity index (χ3n) is 12.3. The third kappa shape index (κ3) is 14.7. The first-order valence-electron chi connectivity index (χ1n) is 20.3. The average molecular weight is 895 g/mol. The lowest BCUT2D eigenvalue weighted by Crippen LogP contribution is -2.46. The van der Waals surface area contributed by atoms with E-state index in [4.69, 9.17) is 27.8 Å². The number of hydrogen-bond acceptors (Lipinski definition) is 6. The van der Waals surface area contributed by atoms with Crippen LogP contribution in [0.25, 0.3) is 0 Å². The number of hydrogen-bond donors (Lipinski definition) is 0. The van der Waals surface area contributed by atoms with Crippen LogP contribution in [0, 0.1) is 11.8 Å². The summed E-state index contributed by atoms with van der Waals surface area (Å²) in [6, 6.07) is 18.6. The van der Waals surface area contributed by atoms with Crippen molar-refractivity contribution in [2.24, 2.45) is 11.8 Å². The third-order valence-corrected chi connectivity index (χ3v) is 22.3. The van der Waals surface area contributed by atoms with E-state index in [9.17, 15) is 0 Å². The van der Waals surface area contributed by atoms with Gasteiger partial charge in [0.15, 0.2) is 22.9 Å². The van der Waals surface area contributed by atoms with Gasteiger partial charge in [0.1, 0.15) is 5.75 Å². The van der Waals surface area contributed by atoms with E-state index in [1.807, 2.05) is 12.1 Å². The Bertz CT molecular complexity index is 1400. The molecule has 2 aromatic carbocycles. The summed E-state index contributed by atoms with van der Waals surface area (Å²) in [7, 11) is -2.29. The largest absolute Gasteiger partial charge is 0.497 e. The number of benzene rings is 2. The number of methoxy groups -OCH3 is 1. The summed E-state index contributed by atoms with van der Waals surface area (Å²) in [6.07, 6.45) is 5.59. The van der Waals surface area contributed by atoms with E-state index in [0.717, 1.165) is 55.4 Å². The van der Waals surface area contributed by atoms with Crippen molar-refractivity contribution in [1.82, 2.24) is 0 Å². The van der Waals surface area contributed by atoms with Crippen molar-refractivity contribution in [3.8, 4) is 5.75 Å². The van der Waals surface area contributed by atoms with Gasteiger partial charge in [0.25, 0.3) is 0 Å². The highest BCUT2D eigenvalue weighted by Crippen LogP contribution is 2.41. The summed E-state index contributed by atoms with van der Waals surface area (Å²) in [5, 5.41) is 0.257. The SMILES string of the molecule is COc1ccc(CO[C@@H]([C@H](C)CC[C@@H](C[C@@H]2C[C@H](CC/C(C)=C/I)O[C@H](c3ccccc3)O2)O[Si](C)(C)C(C)(C)C)[C@H](C)CO[Si](C)(C)C(C)(C)C)cc1. The van der Waals surface area contributed by atoms with E-state index in [1.54, 1.807) is 7.11 Å². The van der Waals surface area contributed by atoms with Crippen LogP contribution in [-0.4, -0.2) is 54.8 Å². The lowest BCUT2D eigenvalue weighted by Gasteiger charge is -2.42.